The van der Waals surface area contributed by atoms with Crippen molar-refractivity contribution in [3.63, 3.8) is 0 Å². The number of nitrogens with one attached hydrogen (secondary N) is 1. The van der Waals surface area contributed by atoms with E-state index in [1.807, 2.05) is 33.2 Å². The predicted molar refractivity (Wildman–Crippen MR) is 63.2 cm³/mol. The lowest BCUT2D eigenvalue weighted by Crippen LogP contribution is -2.44. The van der Waals surface area contributed by atoms with Crippen molar-refractivity contribution in [2.75, 3.05) is 6.54 Å². The van der Waals surface area contributed by atoms with E-state index in [9.17, 15) is 9.90 Å². The summed E-state index contributed by atoms with van der Waals surface area (Å²) in [6, 6.07) is 3.56. The van der Waals surface area contributed by atoms with Crippen LogP contribution in [0.15, 0.2) is 18.3 Å². The highest BCUT2D eigenvalue weighted by Gasteiger charge is 2.25. The lowest BCUT2D eigenvalue weighted by molar-refractivity contribution is 0.0141. The molecule has 90 valence electrons. The Kier molecular flexibility index (Phi) is 3.75. The van der Waals surface area contributed by atoms with Crippen molar-refractivity contribution in [3.8, 4) is 0 Å². The van der Waals surface area contributed by atoms with Crippen LogP contribution >= 0.6 is 0 Å². The quantitative estimate of drug-likeness (QED) is 0.806. The number of aryl methyl sites for hydroxylation is 1. The van der Waals surface area contributed by atoms with Gasteiger partial charge in [0.1, 0.15) is 5.69 Å². The molecule has 2 N–H and O–H groups in total. The van der Waals surface area contributed by atoms with E-state index in [4.69, 9.17) is 0 Å². The second-order valence-electron chi connectivity index (χ2n) is 4.70. The highest BCUT2D eigenvalue weighted by atomic mass is 16.3. The van der Waals surface area contributed by atoms with Gasteiger partial charge in [-0.3, -0.25) is 4.79 Å². The third kappa shape index (κ3) is 2.85. The summed E-state index contributed by atoms with van der Waals surface area (Å²) in [6.45, 7) is 5.83. The summed E-state index contributed by atoms with van der Waals surface area (Å²) in [7, 11) is 1.81. The second kappa shape index (κ2) is 4.70. The number of hydrogen-bond acceptors (Lipinski definition) is 2. The zero-order valence-electron chi connectivity index (χ0n) is 10.3. The fourth-order valence-corrected chi connectivity index (χ4v) is 1.25. The molecule has 0 spiro atoms. The van der Waals surface area contributed by atoms with Gasteiger partial charge in [0.2, 0.25) is 0 Å². The van der Waals surface area contributed by atoms with E-state index in [0.29, 0.717) is 5.69 Å². The molecule has 0 aliphatic carbocycles. The molecule has 0 saturated heterocycles. The van der Waals surface area contributed by atoms with Crippen LogP contribution in [0.5, 0.6) is 0 Å². The number of amides is 1. The molecule has 0 radical (unpaired) electrons. The minimum absolute atomic E-state index is 0.0983. The van der Waals surface area contributed by atoms with Crippen LogP contribution in [0, 0.1) is 5.92 Å². The summed E-state index contributed by atoms with van der Waals surface area (Å²) in [4.78, 5) is 11.8. The Morgan fingerprint density at radius 1 is 1.62 bits per heavy atom. The Hall–Kier alpha value is -1.29. The highest BCUT2D eigenvalue weighted by Crippen LogP contribution is 2.14. The highest BCUT2D eigenvalue weighted by molar-refractivity contribution is 5.92. The van der Waals surface area contributed by atoms with E-state index in [2.05, 4.69) is 5.32 Å². The van der Waals surface area contributed by atoms with E-state index >= 15 is 0 Å². The fourth-order valence-electron chi connectivity index (χ4n) is 1.25. The van der Waals surface area contributed by atoms with Gasteiger partial charge in [0.05, 0.1) is 5.60 Å². The van der Waals surface area contributed by atoms with Crippen LogP contribution in [0.25, 0.3) is 0 Å². The van der Waals surface area contributed by atoms with Crippen LogP contribution in [0.4, 0.5) is 0 Å². The predicted octanol–water partition coefficient (Wildman–Crippen LogP) is 1.16. The van der Waals surface area contributed by atoms with Crippen molar-refractivity contribution in [3.05, 3.63) is 24.0 Å². The Balaban J connectivity index is 2.58. The minimum Gasteiger partial charge on any atom is -0.388 e. The van der Waals surface area contributed by atoms with Crippen molar-refractivity contribution < 1.29 is 9.90 Å². The van der Waals surface area contributed by atoms with Crippen LogP contribution in [-0.4, -0.2) is 27.7 Å². The molecule has 0 aliphatic heterocycles. The number of rotatable bonds is 4. The van der Waals surface area contributed by atoms with E-state index < -0.39 is 5.60 Å². The number of aromatic nitrogens is 1. The van der Waals surface area contributed by atoms with Crippen molar-refractivity contribution in [1.82, 2.24) is 9.88 Å². The van der Waals surface area contributed by atoms with Crippen molar-refractivity contribution in [2.45, 2.75) is 26.4 Å². The number of carbonyl (C=O) groups is 1. The number of nitrogens with zero attached hydrogens (tertiary/aromatic N) is 1. The van der Waals surface area contributed by atoms with Gasteiger partial charge in [-0.25, -0.2) is 0 Å². The molecule has 1 amide bonds. The van der Waals surface area contributed by atoms with Gasteiger partial charge in [0, 0.05) is 19.8 Å². The molecule has 1 rings (SSSR count). The molecule has 0 saturated carbocycles. The van der Waals surface area contributed by atoms with Crippen LogP contribution in [0.1, 0.15) is 31.3 Å². The fraction of sp³-hybridized carbons (Fsp3) is 0.583. The number of carbonyl (C=O) groups excluding carboxylic acids is 1. The molecule has 0 aliphatic rings. The summed E-state index contributed by atoms with van der Waals surface area (Å²) in [5.41, 5.74) is -0.277. The maximum atomic E-state index is 11.8. The molecule has 1 aromatic heterocycles. The van der Waals surface area contributed by atoms with Crippen molar-refractivity contribution in [1.29, 1.82) is 0 Å². The van der Waals surface area contributed by atoms with Crippen LogP contribution in [0.3, 0.4) is 0 Å². The second-order valence-corrected chi connectivity index (χ2v) is 4.70. The van der Waals surface area contributed by atoms with E-state index in [1.165, 1.54) is 0 Å². The van der Waals surface area contributed by atoms with E-state index in [1.54, 1.807) is 17.6 Å². The first-order valence-corrected chi connectivity index (χ1v) is 5.46. The molecular weight excluding hydrogens is 204 g/mol. The number of aliphatic hydroxyl groups is 1. The smallest absolute Gasteiger partial charge is 0.267 e. The molecule has 1 unspecified atom stereocenters. The number of hydrogen-bond donors (Lipinski definition) is 2. The lowest BCUT2D eigenvalue weighted by Gasteiger charge is -2.27. The normalized spacial score (nSPS) is 14.9. The standard InChI is InChI=1S/C12H20N2O2/c1-9(2)12(3,16)8-13-11(15)10-6-5-7-14(10)4/h5-7,9,16H,8H2,1-4H3,(H,13,15). The first-order chi connectivity index (χ1) is 7.34. The molecular formula is C12H20N2O2. The SMILES string of the molecule is CC(C)C(C)(O)CNC(=O)c1cccn1C. The van der Waals surface area contributed by atoms with Crippen LogP contribution in [-0.2, 0) is 7.05 Å². The molecule has 0 bridgehead atoms. The first kappa shape index (κ1) is 12.8. The lowest BCUT2D eigenvalue weighted by atomic mass is 9.92. The zero-order valence-corrected chi connectivity index (χ0v) is 10.3. The largest absolute Gasteiger partial charge is 0.388 e. The van der Waals surface area contributed by atoms with Gasteiger partial charge in [-0.1, -0.05) is 13.8 Å². The molecule has 4 nitrogen and oxygen atoms in total. The van der Waals surface area contributed by atoms with Gasteiger partial charge in [-0.2, -0.15) is 0 Å². The van der Waals surface area contributed by atoms with Gasteiger partial charge in [0.25, 0.3) is 5.91 Å². The van der Waals surface area contributed by atoms with Gasteiger partial charge >= 0.3 is 0 Å². The van der Waals surface area contributed by atoms with Gasteiger partial charge < -0.3 is 15.0 Å². The monoisotopic (exact) mass is 224 g/mol. The summed E-state index contributed by atoms with van der Waals surface area (Å²) >= 11 is 0. The van der Waals surface area contributed by atoms with Crippen molar-refractivity contribution >= 4 is 5.91 Å². The van der Waals surface area contributed by atoms with Gasteiger partial charge in [-0.15, -0.1) is 0 Å². The maximum absolute atomic E-state index is 11.8. The zero-order chi connectivity index (χ0) is 12.3. The summed E-state index contributed by atoms with van der Waals surface area (Å²) in [6.07, 6.45) is 1.81. The third-order valence-electron chi connectivity index (χ3n) is 3.03. The Labute approximate surface area is 96.3 Å². The van der Waals surface area contributed by atoms with Gasteiger partial charge in [0.15, 0.2) is 0 Å². The van der Waals surface area contributed by atoms with Gasteiger partial charge in [-0.05, 0) is 25.0 Å². The summed E-state index contributed by atoms with van der Waals surface area (Å²) < 4.78 is 1.75. The van der Waals surface area contributed by atoms with E-state index in [0.717, 1.165) is 0 Å². The van der Waals surface area contributed by atoms with E-state index in [-0.39, 0.29) is 18.4 Å². The minimum atomic E-state index is -0.874. The Bertz CT molecular complexity index is 367. The third-order valence-corrected chi connectivity index (χ3v) is 3.03. The van der Waals surface area contributed by atoms with Crippen LogP contribution in [0.2, 0.25) is 0 Å². The maximum Gasteiger partial charge on any atom is 0.267 e. The molecule has 16 heavy (non-hydrogen) atoms. The molecule has 1 aromatic rings. The molecule has 0 fully saturated rings. The van der Waals surface area contributed by atoms with Crippen molar-refractivity contribution in [2.24, 2.45) is 13.0 Å². The summed E-state index contributed by atoms with van der Waals surface area (Å²) in [5, 5.41) is 12.7. The summed E-state index contributed by atoms with van der Waals surface area (Å²) in [5.74, 6) is -0.0605. The molecule has 1 atom stereocenters. The Morgan fingerprint density at radius 2 is 2.25 bits per heavy atom. The average Bonchev–Trinajstić information content (AvgIpc) is 2.61. The Morgan fingerprint density at radius 3 is 2.69 bits per heavy atom. The topological polar surface area (TPSA) is 54.3 Å². The first-order valence-electron chi connectivity index (χ1n) is 5.46. The van der Waals surface area contributed by atoms with Crippen LogP contribution < -0.4 is 5.32 Å². The molecule has 1 heterocycles. The average molecular weight is 224 g/mol. The molecule has 4 heteroatoms. The molecule has 0 aromatic carbocycles.